The number of nitrogens with one attached hydrogen (secondary N) is 2. The molecule has 0 spiro atoms. The van der Waals surface area contributed by atoms with Crippen molar-refractivity contribution < 1.29 is 4.74 Å². The number of methoxy groups -OCH3 is 1. The van der Waals surface area contributed by atoms with Gasteiger partial charge in [-0.15, -0.1) is 0 Å². The molecule has 1 rings (SSSR count). The Kier molecular flexibility index (Phi) is 6.10. The molecular weight excluding hydrogens is 214 g/mol. The van der Waals surface area contributed by atoms with Gasteiger partial charge in [-0.25, -0.2) is 0 Å². The van der Waals surface area contributed by atoms with E-state index in [-0.39, 0.29) is 6.04 Å². The lowest BCUT2D eigenvalue weighted by Crippen LogP contribution is -2.43. The molecule has 1 atom stereocenters. The van der Waals surface area contributed by atoms with Crippen molar-refractivity contribution in [2.24, 2.45) is 4.99 Å². The summed E-state index contributed by atoms with van der Waals surface area (Å²) in [6.07, 6.45) is 0. The molecule has 0 heterocycles. The molecule has 0 radical (unpaired) electrons. The molecule has 4 nitrogen and oxygen atoms in total. The lowest BCUT2D eigenvalue weighted by atomic mass is 10.2. The van der Waals surface area contributed by atoms with E-state index in [4.69, 9.17) is 4.74 Å². The Bertz CT molecular complexity index is 338. The highest BCUT2D eigenvalue weighted by atomic mass is 16.5. The largest absolute Gasteiger partial charge is 0.383 e. The van der Waals surface area contributed by atoms with Crippen LogP contribution < -0.4 is 10.6 Å². The van der Waals surface area contributed by atoms with Crippen molar-refractivity contribution in [1.82, 2.24) is 10.6 Å². The first kappa shape index (κ1) is 13.5. The Morgan fingerprint density at radius 1 is 1.35 bits per heavy atom. The van der Waals surface area contributed by atoms with Gasteiger partial charge in [-0.2, -0.15) is 0 Å². The van der Waals surface area contributed by atoms with Gasteiger partial charge < -0.3 is 15.4 Å². The highest BCUT2D eigenvalue weighted by Gasteiger charge is 2.03. The standard InChI is InChI=1S/C13H21N3O/c1-11(10-17-3)16-13(14-2)15-9-12-7-5-4-6-8-12/h4-8,11H,9-10H2,1-3H3,(H2,14,15,16). The predicted molar refractivity (Wildman–Crippen MR) is 71.1 cm³/mol. The van der Waals surface area contributed by atoms with Crippen LogP contribution in [0.4, 0.5) is 0 Å². The van der Waals surface area contributed by atoms with Gasteiger partial charge in [-0.3, -0.25) is 4.99 Å². The maximum atomic E-state index is 5.07. The van der Waals surface area contributed by atoms with Crippen molar-refractivity contribution in [3.05, 3.63) is 35.9 Å². The SMILES string of the molecule is CN=C(NCc1ccccc1)NC(C)COC. The monoisotopic (exact) mass is 235 g/mol. The van der Waals surface area contributed by atoms with E-state index in [0.29, 0.717) is 6.61 Å². The fraction of sp³-hybridized carbons (Fsp3) is 0.462. The number of benzene rings is 1. The lowest BCUT2D eigenvalue weighted by Gasteiger charge is -2.17. The van der Waals surface area contributed by atoms with Gasteiger partial charge in [0.05, 0.1) is 6.61 Å². The Hall–Kier alpha value is -1.55. The summed E-state index contributed by atoms with van der Waals surface area (Å²) in [7, 11) is 3.46. The second-order valence-electron chi connectivity index (χ2n) is 3.91. The Morgan fingerprint density at radius 2 is 2.06 bits per heavy atom. The third-order valence-corrected chi connectivity index (χ3v) is 2.33. The van der Waals surface area contributed by atoms with Gasteiger partial charge in [0.1, 0.15) is 0 Å². The van der Waals surface area contributed by atoms with Crippen LogP contribution in [0.3, 0.4) is 0 Å². The molecule has 17 heavy (non-hydrogen) atoms. The van der Waals surface area contributed by atoms with Gasteiger partial charge in [0.15, 0.2) is 5.96 Å². The van der Waals surface area contributed by atoms with Crippen LogP contribution in [0.1, 0.15) is 12.5 Å². The van der Waals surface area contributed by atoms with E-state index >= 15 is 0 Å². The summed E-state index contributed by atoms with van der Waals surface area (Å²) in [6.45, 7) is 3.48. The lowest BCUT2D eigenvalue weighted by molar-refractivity contribution is 0.179. The van der Waals surface area contributed by atoms with Gasteiger partial charge in [-0.1, -0.05) is 30.3 Å². The number of nitrogens with zero attached hydrogens (tertiary/aromatic N) is 1. The molecule has 1 aromatic rings. The number of rotatable bonds is 5. The zero-order valence-corrected chi connectivity index (χ0v) is 10.7. The van der Waals surface area contributed by atoms with Crippen LogP contribution in [-0.4, -0.2) is 32.8 Å². The van der Waals surface area contributed by atoms with Crippen LogP contribution >= 0.6 is 0 Å². The molecule has 2 N–H and O–H groups in total. The molecule has 0 aliphatic heterocycles. The summed E-state index contributed by atoms with van der Waals surface area (Å²) >= 11 is 0. The van der Waals surface area contributed by atoms with Crippen LogP contribution in [0.2, 0.25) is 0 Å². The van der Waals surface area contributed by atoms with Crippen molar-refractivity contribution >= 4 is 5.96 Å². The first-order valence-corrected chi connectivity index (χ1v) is 5.76. The minimum atomic E-state index is 0.238. The Labute approximate surface area is 103 Å². The summed E-state index contributed by atoms with van der Waals surface area (Å²) in [5, 5.41) is 6.51. The maximum Gasteiger partial charge on any atom is 0.191 e. The van der Waals surface area contributed by atoms with Crippen molar-refractivity contribution in [3.8, 4) is 0 Å². The average molecular weight is 235 g/mol. The van der Waals surface area contributed by atoms with E-state index in [1.54, 1.807) is 14.2 Å². The van der Waals surface area contributed by atoms with E-state index in [1.165, 1.54) is 5.56 Å². The molecule has 0 saturated carbocycles. The summed E-state index contributed by atoms with van der Waals surface area (Å²) in [4.78, 5) is 4.16. The van der Waals surface area contributed by atoms with E-state index in [1.807, 2.05) is 18.2 Å². The van der Waals surface area contributed by atoms with Crippen molar-refractivity contribution in [2.45, 2.75) is 19.5 Å². The topological polar surface area (TPSA) is 45.7 Å². The third-order valence-electron chi connectivity index (χ3n) is 2.33. The number of guanidine groups is 1. The first-order valence-electron chi connectivity index (χ1n) is 5.76. The fourth-order valence-electron chi connectivity index (χ4n) is 1.50. The zero-order valence-electron chi connectivity index (χ0n) is 10.7. The molecule has 94 valence electrons. The van der Waals surface area contributed by atoms with Crippen LogP contribution in [0.5, 0.6) is 0 Å². The molecule has 0 aliphatic carbocycles. The van der Waals surface area contributed by atoms with Gasteiger partial charge in [0.25, 0.3) is 0 Å². The molecule has 0 aromatic heterocycles. The number of ether oxygens (including phenoxy) is 1. The van der Waals surface area contributed by atoms with E-state index < -0.39 is 0 Å². The molecule has 0 aliphatic rings. The second kappa shape index (κ2) is 7.68. The average Bonchev–Trinajstić information content (AvgIpc) is 2.36. The molecule has 0 fully saturated rings. The van der Waals surface area contributed by atoms with E-state index in [9.17, 15) is 0 Å². The minimum Gasteiger partial charge on any atom is -0.383 e. The van der Waals surface area contributed by atoms with Crippen molar-refractivity contribution in [1.29, 1.82) is 0 Å². The van der Waals surface area contributed by atoms with E-state index in [0.717, 1.165) is 12.5 Å². The van der Waals surface area contributed by atoms with Crippen LogP contribution in [0.25, 0.3) is 0 Å². The van der Waals surface area contributed by atoms with Crippen molar-refractivity contribution in [3.63, 3.8) is 0 Å². The van der Waals surface area contributed by atoms with Gasteiger partial charge in [0.2, 0.25) is 0 Å². The summed E-state index contributed by atoms with van der Waals surface area (Å²) in [5.74, 6) is 0.790. The number of hydrogen-bond acceptors (Lipinski definition) is 2. The molecule has 0 saturated heterocycles. The third kappa shape index (κ3) is 5.36. The highest BCUT2D eigenvalue weighted by Crippen LogP contribution is 1.97. The molecule has 1 unspecified atom stereocenters. The molecule has 0 bridgehead atoms. The minimum absolute atomic E-state index is 0.238. The Balaban J connectivity index is 2.38. The van der Waals surface area contributed by atoms with Crippen LogP contribution in [0, 0.1) is 0 Å². The second-order valence-corrected chi connectivity index (χ2v) is 3.91. The summed E-state index contributed by atoms with van der Waals surface area (Å²) in [5.41, 5.74) is 1.23. The van der Waals surface area contributed by atoms with Crippen molar-refractivity contribution in [2.75, 3.05) is 20.8 Å². The Morgan fingerprint density at radius 3 is 2.65 bits per heavy atom. The van der Waals surface area contributed by atoms with Gasteiger partial charge in [-0.05, 0) is 12.5 Å². The summed E-state index contributed by atoms with van der Waals surface area (Å²) in [6, 6.07) is 10.5. The smallest absolute Gasteiger partial charge is 0.191 e. The van der Waals surface area contributed by atoms with Crippen LogP contribution in [-0.2, 0) is 11.3 Å². The maximum absolute atomic E-state index is 5.07. The van der Waals surface area contributed by atoms with Gasteiger partial charge in [0, 0.05) is 26.7 Å². The highest BCUT2D eigenvalue weighted by molar-refractivity contribution is 5.79. The van der Waals surface area contributed by atoms with Gasteiger partial charge >= 0.3 is 0 Å². The number of hydrogen-bond donors (Lipinski definition) is 2. The van der Waals surface area contributed by atoms with Crippen LogP contribution in [0.15, 0.2) is 35.3 Å². The zero-order chi connectivity index (χ0) is 12.5. The molecular formula is C13H21N3O. The molecule has 4 heteroatoms. The quantitative estimate of drug-likeness (QED) is 0.599. The summed E-state index contributed by atoms with van der Waals surface area (Å²) < 4.78 is 5.07. The molecule has 0 amide bonds. The van der Waals surface area contributed by atoms with E-state index in [2.05, 4.69) is 34.7 Å². The number of aliphatic imine (C=N–C) groups is 1. The molecule has 1 aromatic carbocycles. The fourth-order valence-corrected chi connectivity index (χ4v) is 1.50. The first-order chi connectivity index (χ1) is 8.26. The predicted octanol–water partition coefficient (Wildman–Crippen LogP) is 1.39. The normalized spacial score (nSPS) is 13.2.